The number of aliphatic carboxylic acids is 1. The van der Waals surface area contributed by atoms with Gasteiger partial charge in [0.15, 0.2) is 0 Å². The molecule has 2 aliphatic rings. The molecular formula is C16H21NO3. The predicted molar refractivity (Wildman–Crippen MR) is 76.3 cm³/mol. The second kappa shape index (κ2) is 4.77. The fourth-order valence-corrected chi connectivity index (χ4v) is 3.33. The Hall–Kier alpha value is -1.55. The van der Waals surface area contributed by atoms with Gasteiger partial charge in [0.1, 0.15) is 11.4 Å². The minimum absolute atomic E-state index is 0.116. The molecule has 2 heterocycles. The lowest BCUT2D eigenvalue weighted by Crippen LogP contribution is -2.43. The van der Waals surface area contributed by atoms with Crippen LogP contribution in [-0.4, -0.2) is 41.2 Å². The molecule has 1 aromatic rings. The van der Waals surface area contributed by atoms with E-state index in [0.29, 0.717) is 0 Å². The van der Waals surface area contributed by atoms with Crippen LogP contribution in [0, 0.1) is 13.8 Å². The quantitative estimate of drug-likeness (QED) is 0.898. The topological polar surface area (TPSA) is 49.8 Å². The number of fused-ring (bicyclic) bond motifs is 1. The van der Waals surface area contributed by atoms with Crippen molar-refractivity contribution in [2.75, 3.05) is 19.6 Å². The molecule has 1 saturated heterocycles. The van der Waals surface area contributed by atoms with Gasteiger partial charge in [0, 0.05) is 19.5 Å². The molecule has 0 aromatic heterocycles. The van der Waals surface area contributed by atoms with E-state index in [4.69, 9.17) is 9.84 Å². The van der Waals surface area contributed by atoms with Crippen LogP contribution in [0.4, 0.5) is 0 Å². The first kappa shape index (κ1) is 13.4. The molecule has 20 heavy (non-hydrogen) atoms. The van der Waals surface area contributed by atoms with Gasteiger partial charge in [-0.2, -0.15) is 0 Å². The van der Waals surface area contributed by atoms with Crippen molar-refractivity contribution in [2.45, 2.75) is 38.7 Å². The van der Waals surface area contributed by atoms with Gasteiger partial charge in [0.25, 0.3) is 0 Å². The average molecular weight is 275 g/mol. The van der Waals surface area contributed by atoms with E-state index in [2.05, 4.69) is 26.0 Å². The standard InChI is InChI=1S/C16H21NO3/c1-11-7-13-3-4-16(20-14(13)8-12(11)2)5-6-17(10-16)9-15(18)19/h7-8H,3-6,9-10H2,1-2H3,(H,18,19). The molecule has 1 aromatic carbocycles. The highest BCUT2D eigenvalue weighted by Crippen LogP contribution is 2.39. The largest absolute Gasteiger partial charge is 0.486 e. The molecule has 1 unspecified atom stereocenters. The first-order valence-corrected chi connectivity index (χ1v) is 7.21. The Morgan fingerprint density at radius 3 is 2.85 bits per heavy atom. The summed E-state index contributed by atoms with van der Waals surface area (Å²) in [6, 6.07) is 4.35. The minimum atomic E-state index is -0.760. The van der Waals surface area contributed by atoms with E-state index in [9.17, 15) is 4.79 Å². The monoisotopic (exact) mass is 275 g/mol. The van der Waals surface area contributed by atoms with Crippen LogP contribution >= 0.6 is 0 Å². The third-order valence-corrected chi connectivity index (χ3v) is 4.61. The number of likely N-dealkylation sites (tertiary alicyclic amines) is 1. The van der Waals surface area contributed by atoms with E-state index < -0.39 is 5.97 Å². The third kappa shape index (κ3) is 2.40. The zero-order valence-corrected chi connectivity index (χ0v) is 12.1. The van der Waals surface area contributed by atoms with Crippen LogP contribution in [0.5, 0.6) is 5.75 Å². The van der Waals surface area contributed by atoms with Crippen LogP contribution in [0.25, 0.3) is 0 Å². The molecule has 1 fully saturated rings. The highest BCUT2D eigenvalue weighted by atomic mass is 16.5. The summed E-state index contributed by atoms with van der Waals surface area (Å²) >= 11 is 0. The number of hydrogen-bond acceptors (Lipinski definition) is 3. The van der Waals surface area contributed by atoms with E-state index in [0.717, 1.165) is 38.1 Å². The summed E-state index contributed by atoms with van der Waals surface area (Å²) in [5.74, 6) is 0.237. The third-order valence-electron chi connectivity index (χ3n) is 4.61. The molecule has 0 radical (unpaired) electrons. The van der Waals surface area contributed by atoms with Crippen molar-refractivity contribution < 1.29 is 14.6 Å². The van der Waals surface area contributed by atoms with Gasteiger partial charge >= 0.3 is 5.97 Å². The first-order valence-electron chi connectivity index (χ1n) is 7.21. The maximum atomic E-state index is 10.8. The number of carbonyl (C=O) groups is 1. The summed E-state index contributed by atoms with van der Waals surface area (Å²) in [6.07, 6.45) is 2.93. The zero-order valence-electron chi connectivity index (χ0n) is 12.1. The van der Waals surface area contributed by atoms with Gasteiger partial charge < -0.3 is 9.84 Å². The second-order valence-electron chi connectivity index (χ2n) is 6.18. The van der Waals surface area contributed by atoms with Crippen LogP contribution in [0.2, 0.25) is 0 Å². The number of hydrogen-bond donors (Lipinski definition) is 1. The number of benzene rings is 1. The molecule has 4 nitrogen and oxygen atoms in total. The lowest BCUT2D eigenvalue weighted by atomic mass is 9.89. The van der Waals surface area contributed by atoms with Crippen LogP contribution < -0.4 is 4.74 Å². The van der Waals surface area contributed by atoms with Gasteiger partial charge in [-0.15, -0.1) is 0 Å². The zero-order chi connectivity index (χ0) is 14.3. The number of carboxylic acid groups (broad SMARTS) is 1. The van der Waals surface area contributed by atoms with Crippen molar-refractivity contribution in [3.05, 3.63) is 28.8 Å². The summed E-state index contributed by atoms with van der Waals surface area (Å²) in [7, 11) is 0. The molecule has 0 saturated carbocycles. The van der Waals surface area contributed by atoms with E-state index in [-0.39, 0.29) is 12.1 Å². The normalized spacial score (nSPS) is 25.5. The summed E-state index contributed by atoms with van der Waals surface area (Å²) in [5.41, 5.74) is 3.67. The van der Waals surface area contributed by atoms with Crippen molar-refractivity contribution in [1.82, 2.24) is 4.90 Å². The Morgan fingerprint density at radius 2 is 2.10 bits per heavy atom. The second-order valence-corrected chi connectivity index (χ2v) is 6.18. The molecule has 0 aliphatic carbocycles. The summed E-state index contributed by atoms with van der Waals surface area (Å²) in [5, 5.41) is 8.90. The number of carboxylic acids is 1. The maximum absolute atomic E-state index is 10.8. The number of aryl methyl sites for hydroxylation is 3. The summed E-state index contributed by atoms with van der Waals surface area (Å²) in [4.78, 5) is 12.8. The highest BCUT2D eigenvalue weighted by Gasteiger charge is 2.43. The molecule has 0 amide bonds. The maximum Gasteiger partial charge on any atom is 0.317 e. The fourth-order valence-electron chi connectivity index (χ4n) is 3.33. The van der Waals surface area contributed by atoms with Crippen molar-refractivity contribution in [2.24, 2.45) is 0 Å². The molecule has 4 heteroatoms. The van der Waals surface area contributed by atoms with Crippen molar-refractivity contribution >= 4 is 5.97 Å². The Balaban J connectivity index is 1.79. The molecule has 108 valence electrons. The van der Waals surface area contributed by atoms with Crippen molar-refractivity contribution in [1.29, 1.82) is 0 Å². The molecule has 3 rings (SSSR count). The summed E-state index contributed by atoms with van der Waals surface area (Å²) in [6.45, 7) is 5.89. The van der Waals surface area contributed by atoms with Crippen LogP contribution in [0.15, 0.2) is 12.1 Å². The fraction of sp³-hybridized carbons (Fsp3) is 0.562. The van der Waals surface area contributed by atoms with Gasteiger partial charge in [-0.05, 0) is 49.4 Å². The van der Waals surface area contributed by atoms with Gasteiger partial charge in [0.2, 0.25) is 0 Å². The molecule has 1 N–H and O–H groups in total. The Kier molecular flexibility index (Phi) is 3.21. The van der Waals surface area contributed by atoms with Crippen LogP contribution in [-0.2, 0) is 11.2 Å². The Labute approximate surface area is 119 Å². The Bertz CT molecular complexity index is 555. The van der Waals surface area contributed by atoms with Crippen molar-refractivity contribution in [3.63, 3.8) is 0 Å². The highest BCUT2D eigenvalue weighted by molar-refractivity contribution is 5.69. The van der Waals surface area contributed by atoms with Crippen LogP contribution in [0.1, 0.15) is 29.5 Å². The van der Waals surface area contributed by atoms with E-state index in [1.54, 1.807) is 0 Å². The molecule has 1 atom stereocenters. The first-order chi connectivity index (χ1) is 9.47. The minimum Gasteiger partial charge on any atom is -0.486 e. The number of nitrogens with zero attached hydrogens (tertiary/aromatic N) is 1. The molecule has 1 spiro atoms. The van der Waals surface area contributed by atoms with Gasteiger partial charge in [-0.25, -0.2) is 0 Å². The lowest BCUT2D eigenvalue weighted by Gasteiger charge is -2.36. The predicted octanol–water partition coefficient (Wildman–Crippen LogP) is 2.16. The summed E-state index contributed by atoms with van der Waals surface area (Å²) < 4.78 is 6.29. The van der Waals surface area contributed by atoms with Gasteiger partial charge in [-0.3, -0.25) is 9.69 Å². The number of rotatable bonds is 2. The SMILES string of the molecule is Cc1cc2c(cc1C)OC1(CC2)CCN(CC(=O)O)C1. The molecule has 2 aliphatic heterocycles. The van der Waals surface area contributed by atoms with E-state index >= 15 is 0 Å². The van der Waals surface area contributed by atoms with Gasteiger partial charge in [-0.1, -0.05) is 6.07 Å². The van der Waals surface area contributed by atoms with E-state index in [1.165, 1.54) is 16.7 Å². The number of ether oxygens (including phenoxy) is 1. The van der Waals surface area contributed by atoms with Crippen LogP contribution in [0.3, 0.4) is 0 Å². The Morgan fingerprint density at radius 1 is 1.35 bits per heavy atom. The molecular weight excluding hydrogens is 254 g/mol. The van der Waals surface area contributed by atoms with Crippen molar-refractivity contribution in [3.8, 4) is 5.75 Å². The van der Waals surface area contributed by atoms with E-state index in [1.807, 2.05) is 4.90 Å². The van der Waals surface area contributed by atoms with Gasteiger partial charge in [0.05, 0.1) is 6.54 Å². The smallest absolute Gasteiger partial charge is 0.317 e. The molecule has 0 bridgehead atoms. The average Bonchev–Trinajstić information content (AvgIpc) is 2.73. The lowest BCUT2D eigenvalue weighted by molar-refractivity contribution is -0.138.